The Bertz CT molecular complexity index is 1200. The van der Waals surface area contributed by atoms with E-state index in [0.717, 1.165) is 22.3 Å². The number of hydrogen-bond acceptors (Lipinski definition) is 6. The number of benzene rings is 3. The number of nitrogens with zero attached hydrogens (tertiary/aromatic N) is 1. The summed E-state index contributed by atoms with van der Waals surface area (Å²) in [6, 6.07) is 25.9. The van der Waals surface area contributed by atoms with Gasteiger partial charge in [-0.2, -0.15) is 0 Å². The Morgan fingerprint density at radius 1 is 0.763 bits per heavy atom. The van der Waals surface area contributed by atoms with Crippen LogP contribution in [0.5, 0.6) is 0 Å². The van der Waals surface area contributed by atoms with Crippen LogP contribution in [0.3, 0.4) is 0 Å². The number of carbonyl (C=O) groups excluding carboxylic acids is 3. The zero-order valence-corrected chi connectivity index (χ0v) is 22.5. The molecule has 0 aromatic heterocycles. The average Bonchev–Trinajstić information content (AvgIpc) is 2.90. The summed E-state index contributed by atoms with van der Waals surface area (Å²) in [6.07, 6.45) is -1.64. The third kappa shape index (κ3) is 8.47. The molecule has 0 saturated heterocycles. The van der Waals surface area contributed by atoms with Crippen LogP contribution in [0, 0.1) is 0 Å². The van der Waals surface area contributed by atoms with Gasteiger partial charge >= 0.3 is 18.0 Å². The molecule has 3 aromatic carbocycles. The second-order valence-electron chi connectivity index (χ2n) is 10.0. The fraction of sp³-hybridized carbons (Fsp3) is 0.323. The molecule has 0 unspecified atom stereocenters. The van der Waals surface area contributed by atoms with Crippen molar-refractivity contribution in [2.24, 2.45) is 0 Å². The maximum absolute atomic E-state index is 13.3. The van der Waals surface area contributed by atoms with Crippen LogP contribution in [0.2, 0.25) is 0 Å². The third-order valence-corrected chi connectivity index (χ3v) is 5.76. The first-order valence-corrected chi connectivity index (χ1v) is 12.5. The van der Waals surface area contributed by atoms with Gasteiger partial charge in [0, 0.05) is 13.5 Å². The van der Waals surface area contributed by atoms with E-state index in [1.54, 1.807) is 20.8 Å². The molecule has 0 aliphatic carbocycles. The molecule has 0 N–H and O–H groups in total. The Morgan fingerprint density at radius 3 is 1.89 bits per heavy atom. The van der Waals surface area contributed by atoms with Gasteiger partial charge in [-0.1, -0.05) is 84.9 Å². The highest BCUT2D eigenvalue weighted by molar-refractivity contribution is 5.84. The van der Waals surface area contributed by atoms with E-state index in [-0.39, 0.29) is 13.0 Å². The molecule has 7 heteroatoms. The molecular weight excluding hydrogens is 482 g/mol. The van der Waals surface area contributed by atoms with Crippen molar-refractivity contribution >= 4 is 18.0 Å². The Hall–Kier alpha value is -4.13. The molecule has 0 aliphatic rings. The third-order valence-electron chi connectivity index (χ3n) is 5.76. The lowest BCUT2D eigenvalue weighted by molar-refractivity contribution is -0.170. The van der Waals surface area contributed by atoms with Crippen LogP contribution in [0.25, 0.3) is 11.1 Å². The molecule has 3 rings (SSSR count). The molecule has 0 saturated carbocycles. The van der Waals surface area contributed by atoms with Gasteiger partial charge in [0.2, 0.25) is 0 Å². The highest BCUT2D eigenvalue weighted by atomic mass is 16.6. The van der Waals surface area contributed by atoms with Crippen molar-refractivity contribution in [3.8, 4) is 11.1 Å². The summed E-state index contributed by atoms with van der Waals surface area (Å²) in [5, 5.41) is 0. The summed E-state index contributed by atoms with van der Waals surface area (Å²) in [6.45, 7) is 6.76. The van der Waals surface area contributed by atoms with Gasteiger partial charge in [0.1, 0.15) is 18.2 Å². The van der Waals surface area contributed by atoms with Crippen LogP contribution in [-0.2, 0) is 36.8 Å². The molecule has 200 valence electrons. The summed E-state index contributed by atoms with van der Waals surface area (Å²) < 4.78 is 16.2. The number of amides is 1. The van der Waals surface area contributed by atoms with E-state index in [9.17, 15) is 14.4 Å². The van der Waals surface area contributed by atoms with Crippen molar-refractivity contribution < 1.29 is 28.6 Å². The first-order valence-electron chi connectivity index (χ1n) is 12.5. The quantitative estimate of drug-likeness (QED) is 0.263. The van der Waals surface area contributed by atoms with Crippen molar-refractivity contribution in [2.45, 2.75) is 58.5 Å². The zero-order valence-electron chi connectivity index (χ0n) is 22.5. The number of rotatable bonds is 9. The molecule has 1 amide bonds. The van der Waals surface area contributed by atoms with Gasteiger partial charge in [-0.15, -0.1) is 0 Å². The minimum atomic E-state index is -1.15. The maximum atomic E-state index is 13.3. The molecule has 0 fully saturated rings. The molecule has 0 heterocycles. The normalized spacial score (nSPS) is 12.7. The molecule has 38 heavy (non-hydrogen) atoms. The Balaban J connectivity index is 1.72. The largest absolute Gasteiger partial charge is 0.458 e. The van der Waals surface area contributed by atoms with Crippen LogP contribution in [-0.4, -0.2) is 47.7 Å². The predicted octanol–water partition coefficient (Wildman–Crippen LogP) is 5.81. The number of carbonyl (C=O) groups is 3. The number of ether oxygens (including phenoxy) is 3. The van der Waals surface area contributed by atoms with Crippen molar-refractivity contribution in [3.05, 3.63) is 96.1 Å². The fourth-order valence-electron chi connectivity index (χ4n) is 3.67. The first-order chi connectivity index (χ1) is 18.0. The smallest absolute Gasteiger partial charge is 0.410 e. The molecule has 2 atom stereocenters. The second-order valence-corrected chi connectivity index (χ2v) is 10.0. The average molecular weight is 518 g/mol. The Labute approximate surface area is 224 Å². The monoisotopic (exact) mass is 517 g/mol. The molecule has 0 aliphatic heterocycles. The molecule has 3 aromatic rings. The van der Waals surface area contributed by atoms with E-state index in [4.69, 9.17) is 14.2 Å². The van der Waals surface area contributed by atoms with E-state index in [0.29, 0.717) is 0 Å². The van der Waals surface area contributed by atoms with E-state index in [1.165, 1.54) is 18.9 Å². The molecular formula is C31H35NO6. The van der Waals surface area contributed by atoms with Crippen molar-refractivity contribution in [1.29, 1.82) is 0 Å². The van der Waals surface area contributed by atoms with Gasteiger partial charge in [0.15, 0.2) is 6.10 Å². The number of hydrogen-bond donors (Lipinski definition) is 0. The molecule has 0 radical (unpaired) electrons. The highest BCUT2D eigenvalue weighted by Crippen LogP contribution is 2.21. The molecule has 7 nitrogen and oxygen atoms in total. The topological polar surface area (TPSA) is 82.1 Å². The Kier molecular flexibility index (Phi) is 9.66. The number of likely N-dealkylation sites (N-methyl/N-ethyl adjacent to an activating group) is 1. The zero-order chi connectivity index (χ0) is 27.7. The summed E-state index contributed by atoms with van der Waals surface area (Å²) >= 11 is 0. The standard InChI is InChI=1S/C31H35NO6/c1-22(28(33)36-21-24-12-8-6-9-13-24)37-29(34)27(32(5)30(35)38-31(2,3)4)20-23-16-18-26(19-17-23)25-14-10-7-11-15-25/h6-19,22,27H,20-21H2,1-5H3/t22-,27+/m1/s1. The highest BCUT2D eigenvalue weighted by Gasteiger charge is 2.33. The van der Waals surface area contributed by atoms with Crippen molar-refractivity contribution in [2.75, 3.05) is 7.05 Å². The van der Waals surface area contributed by atoms with Gasteiger partial charge in [0.05, 0.1) is 0 Å². The van der Waals surface area contributed by atoms with E-state index >= 15 is 0 Å². The van der Waals surface area contributed by atoms with Gasteiger partial charge in [-0.05, 0) is 49.9 Å². The summed E-state index contributed by atoms with van der Waals surface area (Å²) in [5.41, 5.74) is 3.00. The first kappa shape index (κ1) is 28.4. The van der Waals surface area contributed by atoms with Crippen LogP contribution < -0.4 is 0 Å². The van der Waals surface area contributed by atoms with Crippen LogP contribution in [0.4, 0.5) is 4.79 Å². The number of esters is 2. The fourth-order valence-corrected chi connectivity index (χ4v) is 3.67. The van der Waals surface area contributed by atoms with E-state index in [2.05, 4.69) is 0 Å². The van der Waals surface area contributed by atoms with Gasteiger partial charge in [-0.25, -0.2) is 14.4 Å². The van der Waals surface area contributed by atoms with Crippen LogP contribution in [0.1, 0.15) is 38.8 Å². The van der Waals surface area contributed by atoms with Gasteiger partial charge < -0.3 is 14.2 Å². The van der Waals surface area contributed by atoms with Gasteiger partial charge in [0.25, 0.3) is 0 Å². The van der Waals surface area contributed by atoms with Crippen LogP contribution >= 0.6 is 0 Å². The molecule has 0 bridgehead atoms. The lowest BCUT2D eigenvalue weighted by Crippen LogP contribution is -2.47. The summed E-state index contributed by atoms with van der Waals surface area (Å²) in [4.78, 5) is 39.8. The van der Waals surface area contributed by atoms with Crippen molar-refractivity contribution in [1.82, 2.24) is 4.90 Å². The maximum Gasteiger partial charge on any atom is 0.410 e. The summed E-state index contributed by atoms with van der Waals surface area (Å²) in [7, 11) is 1.48. The van der Waals surface area contributed by atoms with Crippen LogP contribution in [0.15, 0.2) is 84.9 Å². The second kappa shape index (κ2) is 12.9. The SMILES string of the molecule is C[C@@H](OC(=O)[C@H](Cc1ccc(-c2ccccc2)cc1)N(C)C(=O)OC(C)(C)C)C(=O)OCc1ccccc1. The lowest BCUT2D eigenvalue weighted by atomic mass is 10.00. The minimum Gasteiger partial charge on any atom is -0.458 e. The lowest BCUT2D eigenvalue weighted by Gasteiger charge is -2.30. The van der Waals surface area contributed by atoms with Gasteiger partial charge in [-0.3, -0.25) is 4.90 Å². The molecule has 0 spiro atoms. The minimum absolute atomic E-state index is 0.0660. The van der Waals surface area contributed by atoms with E-state index in [1.807, 2.05) is 84.9 Å². The summed E-state index contributed by atoms with van der Waals surface area (Å²) in [5.74, 6) is -1.40. The Morgan fingerprint density at radius 2 is 1.32 bits per heavy atom. The van der Waals surface area contributed by atoms with E-state index < -0.39 is 35.8 Å². The van der Waals surface area contributed by atoms with Crippen molar-refractivity contribution in [3.63, 3.8) is 0 Å². The predicted molar refractivity (Wildman–Crippen MR) is 145 cm³/mol.